The lowest BCUT2D eigenvalue weighted by atomic mass is 10.0. The zero-order valence-electron chi connectivity index (χ0n) is 55.3. The Kier molecular flexibility index (Phi) is 68.6. The van der Waals surface area contributed by atoms with Gasteiger partial charge in [0.15, 0.2) is 6.10 Å². The normalized spacial score (nSPS) is 12.3. The van der Waals surface area contributed by atoms with E-state index >= 15 is 0 Å². The van der Waals surface area contributed by atoms with Crippen molar-refractivity contribution in [2.24, 2.45) is 0 Å². The van der Waals surface area contributed by atoms with Crippen LogP contribution in [0.5, 0.6) is 0 Å². The van der Waals surface area contributed by atoms with E-state index in [4.69, 9.17) is 14.2 Å². The number of hydrogen-bond acceptors (Lipinski definition) is 6. The van der Waals surface area contributed by atoms with Crippen LogP contribution in [0, 0.1) is 0 Å². The minimum atomic E-state index is -0.769. The number of unbranched alkanes of at least 4 members (excludes halogenated alkanes) is 49. The van der Waals surface area contributed by atoms with Crippen molar-refractivity contribution in [1.82, 2.24) is 0 Å². The monoisotopic (exact) mass is 1150 g/mol. The topological polar surface area (TPSA) is 78.9 Å². The van der Waals surface area contributed by atoms with Gasteiger partial charge in [0.25, 0.3) is 0 Å². The third-order valence-electron chi connectivity index (χ3n) is 16.6. The van der Waals surface area contributed by atoms with Crippen LogP contribution in [-0.2, 0) is 28.6 Å². The molecule has 0 aromatic rings. The second kappa shape index (κ2) is 70.9. The van der Waals surface area contributed by atoms with E-state index in [1.165, 1.54) is 289 Å². The van der Waals surface area contributed by atoms with Crippen molar-refractivity contribution in [2.45, 2.75) is 406 Å². The van der Waals surface area contributed by atoms with Gasteiger partial charge in [0.1, 0.15) is 13.2 Å². The molecule has 0 bridgehead atoms. The zero-order chi connectivity index (χ0) is 59.2. The third kappa shape index (κ3) is 68.2. The predicted octanol–water partition coefficient (Wildman–Crippen LogP) is 25.3. The molecule has 0 aliphatic rings. The largest absolute Gasteiger partial charge is 0.462 e. The van der Waals surface area contributed by atoms with E-state index in [-0.39, 0.29) is 31.1 Å². The van der Waals surface area contributed by atoms with Crippen LogP contribution in [0.4, 0.5) is 0 Å². The van der Waals surface area contributed by atoms with E-state index < -0.39 is 6.10 Å². The van der Waals surface area contributed by atoms with E-state index in [2.05, 4.69) is 69.4 Å². The highest BCUT2D eigenvalue weighted by molar-refractivity contribution is 5.71. The smallest absolute Gasteiger partial charge is 0.306 e. The summed E-state index contributed by atoms with van der Waals surface area (Å²) >= 11 is 0. The van der Waals surface area contributed by atoms with Gasteiger partial charge in [-0.05, 0) is 83.5 Å². The van der Waals surface area contributed by atoms with Crippen LogP contribution in [-0.4, -0.2) is 37.2 Å². The molecule has 1 atom stereocenters. The Labute approximate surface area is 511 Å². The van der Waals surface area contributed by atoms with Gasteiger partial charge in [0.05, 0.1) is 0 Å². The van der Waals surface area contributed by atoms with Gasteiger partial charge in [0, 0.05) is 19.3 Å². The van der Waals surface area contributed by atoms with Crippen molar-refractivity contribution < 1.29 is 28.6 Å². The molecule has 480 valence electrons. The highest BCUT2D eigenvalue weighted by Crippen LogP contribution is 2.18. The second-order valence-corrected chi connectivity index (χ2v) is 24.9. The minimum Gasteiger partial charge on any atom is -0.462 e. The van der Waals surface area contributed by atoms with Crippen LogP contribution < -0.4 is 0 Å². The summed E-state index contributed by atoms with van der Waals surface area (Å²) < 4.78 is 16.9. The number of esters is 3. The van der Waals surface area contributed by atoms with Crippen LogP contribution in [0.1, 0.15) is 400 Å². The Balaban J connectivity index is 3.92. The molecule has 0 saturated carbocycles. The first-order valence-corrected chi connectivity index (χ1v) is 36.6. The van der Waals surface area contributed by atoms with Crippen molar-refractivity contribution in [3.63, 3.8) is 0 Å². The Hall–Kier alpha value is -2.63. The summed E-state index contributed by atoms with van der Waals surface area (Å²) in [6, 6.07) is 0. The fourth-order valence-electron chi connectivity index (χ4n) is 11.0. The average molecular weight is 1150 g/mol. The molecule has 0 heterocycles. The molecule has 0 aliphatic heterocycles. The van der Waals surface area contributed by atoms with E-state index in [0.29, 0.717) is 19.3 Å². The molecular formula is C76H140O6. The Bertz CT molecular complexity index is 1410. The maximum absolute atomic E-state index is 12.9. The Morgan fingerprint density at radius 1 is 0.244 bits per heavy atom. The maximum atomic E-state index is 12.9. The Morgan fingerprint density at radius 3 is 0.671 bits per heavy atom. The van der Waals surface area contributed by atoms with Crippen LogP contribution in [0.2, 0.25) is 0 Å². The summed E-state index contributed by atoms with van der Waals surface area (Å²) in [5, 5.41) is 0. The number of rotatable bonds is 68. The molecule has 0 rings (SSSR count). The molecule has 0 aromatic carbocycles. The van der Waals surface area contributed by atoms with Crippen LogP contribution >= 0.6 is 0 Å². The quantitative estimate of drug-likeness (QED) is 0.0261. The van der Waals surface area contributed by atoms with Gasteiger partial charge in [-0.25, -0.2) is 0 Å². The first kappa shape index (κ1) is 79.4. The number of carbonyl (C=O) groups excluding carboxylic acids is 3. The molecule has 0 aliphatic carbocycles. The molecule has 0 radical (unpaired) electrons. The minimum absolute atomic E-state index is 0.0687. The molecular weight excluding hydrogens is 1010 g/mol. The fraction of sp³-hybridized carbons (Fsp3) is 0.855. The zero-order valence-corrected chi connectivity index (χ0v) is 55.3. The van der Waals surface area contributed by atoms with E-state index in [9.17, 15) is 14.4 Å². The van der Waals surface area contributed by atoms with Crippen molar-refractivity contribution >= 4 is 17.9 Å². The van der Waals surface area contributed by atoms with E-state index in [0.717, 1.165) is 70.6 Å². The molecule has 6 nitrogen and oxygen atoms in total. The summed E-state index contributed by atoms with van der Waals surface area (Å²) in [7, 11) is 0. The lowest BCUT2D eigenvalue weighted by Gasteiger charge is -2.18. The van der Waals surface area contributed by atoms with E-state index in [1.54, 1.807) is 0 Å². The summed E-state index contributed by atoms with van der Waals surface area (Å²) in [5.41, 5.74) is 0. The van der Waals surface area contributed by atoms with Gasteiger partial charge in [-0.3, -0.25) is 14.4 Å². The molecule has 0 N–H and O–H groups in total. The molecule has 6 heteroatoms. The van der Waals surface area contributed by atoms with Crippen molar-refractivity contribution in [3.8, 4) is 0 Å². The summed E-state index contributed by atoms with van der Waals surface area (Å²) in [5.74, 6) is -0.857. The maximum Gasteiger partial charge on any atom is 0.306 e. The summed E-state index contributed by atoms with van der Waals surface area (Å²) in [4.78, 5) is 38.1. The van der Waals surface area contributed by atoms with Gasteiger partial charge in [0.2, 0.25) is 0 Å². The molecule has 82 heavy (non-hydrogen) atoms. The number of carbonyl (C=O) groups is 3. The molecule has 1 unspecified atom stereocenters. The highest BCUT2D eigenvalue weighted by Gasteiger charge is 2.19. The lowest BCUT2D eigenvalue weighted by molar-refractivity contribution is -0.167. The van der Waals surface area contributed by atoms with E-state index in [1.807, 2.05) is 0 Å². The molecule has 0 spiro atoms. The van der Waals surface area contributed by atoms with Gasteiger partial charge in [-0.2, -0.15) is 0 Å². The lowest BCUT2D eigenvalue weighted by Crippen LogP contribution is -2.30. The summed E-state index contributed by atoms with van der Waals surface area (Å²) in [6.07, 6.45) is 90.6. The number of ether oxygens (including phenoxy) is 3. The second-order valence-electron chi connectivity index (χ2n) is 24.9. The number of hydrogen-bond donors (Lipinski definition) is 0. The standard InChI is InChI=1S/C76H140O6/c1-4-7-10-13-16-18-20-22-24-26-28-30-32-33-34-35-36-37-38-39-40-41-42-43-45-46-48-50-52-54-56-58-60-63-66-69-75(78)81-72-73(71-80-74(77)68-65-62-15-12-9-6-3)82-76(79)70-67-64-61-59-57-55-53-51-49-47-44-31-29-27-25-23-21-19-17-14-11-8-5-2/h20-23,26-29,73H,4-19,24-25,30-72H2,1-3H3/b22-20-,23-21-,28-26-,29-27-. The highest BCUT2D eigenvalue weighted by atomic mass is 16.6. The molecule has 0 saturated heterocycles. The van der Waals surface area contributed by atoms with Gasteiger partial charge < -0.3 is 14.2 Å². The number of allylic oxidation sites excluding steroid dienone is 8. The van der Waals surface area contributed by atoms with Crippen molar-refractivity contribution in [3.05, 3.63) is 48.6 Å². The first-order valence-electron chi connectivity index (χ1n) is 36.6. The van der Waals surface area contributed by atoms with Gasteiger partial charge >= 0.3 is 17.9 Å². The third-order valence-corrected chi connectivity index (χ3v) is 16.6. The fourth-order valence-corrected chi connectivity index (χ4v) is 11.0. The van der Waals surface area contributed by atoms with Crippen LogP contribution in [0.15, 0.2) is 48.6 Å². The van der Waals surface area contributed by atoms with Crippen LogP contribution in [0.25, 0.3) is 0 Å². The predicted molar refractivity (Wildman–Crippen MR) is 358 cm³/mol. The molecule has 0 aromatic heterocycles. The molecule has 0 fully saturated rings. The SMILES string of the molecule is CCCCCCC/C=C\C/C=C\CCCCCCCCCCCCCCCCCCCCCCCCCC(=O)OCC(COC(=O)CCCCCCCC)OC(=O)CCCCCCCCCCCCC/C=C\C/C=C\CCCCCCC. The average Bonchev–Trinajstić information content (AvgIpc) is 3.47. The summed E-state index contributed by atoms with van der Waals surface area (Å²) in [6.45, 7) is 6.62. The molecule has 0 amide bonds. The Morgan fingerprint density at radius 2 is 0.439 bits per heavy atom. The van der Waals surface area contributed by atoms with Crippen molar-refractivity contribution in [2.75, 3.05) is 13.2 Å². The van der Waals surface area contributed by atoms with Crippen molar-refractivity contribution in [1.29, 1.82) is 0 Å². The van der Waals surface area contributed by atoms with Gasteiger partial charge in [-0.1, -0.05) is 345 Å². The van der Waals surface area contributed by atoms with Crippen LogP contribution in [0.3, 0.4) is 0 Å². The van der Waals surface area contributed by atoms with Gasteiger partial charge in [-0.15, -0.1) is 0 Å². The first-order chi connectivity index (χ1) is 40.5.